The second kappa shape index (κ2) is 9.20. The molecule has 0 saturated carbocycles. The summed E-state index contributed by atoms with van der Waals surface area (Å²) in [5.74, 6) is -0.844. The first-order valence-corrected chi connectivity index (χ1v) is 13.1. The first-order valence-electron chi connectivity index (χ1n) is 10.8. The lowest BCUT2D eigenvalue weighted by atomic mass is 10.1. The van der Waals surface area contributed by atoms with Crippen LogP contribution in [0.4, 0.5) is 18.9 Å². The Morgan fingerprint density at radius 1 is 1.00 bits per heavy atom. The van der Waals surface area contributed by atoms with E-state index in [1.165, 1.54) is 29.7 Å². The molecule has 3 heterocycles. The van der Waals surface area contributed by atoms with Crippen molar-refractivity contribution < 1.29 is 31.1 Å². The van der Waals surface area contributed by atoms with E-state index in [0.717, 1.165) is 33.0 Å². The van der Waals surface area contributed by atoms with Gasteiger partial charge in [-0.25, -0.2) is 8.42 Å². The Balaban J connectivity index is 1.40. The minimum absolute atomic E-state index is 0.00801. The molecule has 0 unspecified atom stereocenters. The minimum Gasteiger partial charge on any atom is -0.404 e. The molecule has 2 aromatic heterocycles. The highest BCUT2D eigenvalue weighted by molar-refractivity contribution is 7.92. The van der Waals surface area contributed by atoms with Crippen molar-refractivity contribution in [1.82, 2.24) is 9.88 Å². The Kier molecular flexibility index (Phi) is 6.16. The highest BCUT2D eigenvalue weighted by Crippen LogP contribution is 2.37. The monoisotopic (exact) mass is 545 g/mol. The summed E-state index contributed by atoms with van der Waals surface area (Å²) < 4.78 is 70.1. The number of para-hydroxylation sites is 1. The summed E-state index contributed by atoms with van der Waals surface area (Å²) in [4.78, 5) is 19.0. The number of pyridine rings is 1. The van der Waals surface area contributed by atoms with Crippen LogP contribution in [0.5, 0.6) is 5.75 Å². The van der Waals surface area contributed by atoms with Crippen LogP contribution in [0.2, 0.25) is 0 Å². The summed E-state index contributed by atoms with van der Waals surface area (Å²) in [5.41, 5.74) is 3.28. The predicted octanol–water partition coefficient (Wildman–Crippen LogP) is 5.76. The van der Waals surface area contributed by atoms with E-state index in [0.29, 0.717) is 17.7 Å². The second-order valence-electron chi connectivity index (χ2n) is 8.26. The number of nitrogens with zero attached hydrogens (tertiary/aromatic N) is 2. The van der Waals surface area contributed by atoms with Gasteiger partial charge in [0.1, 0.15) is 10.6 Å². The molecule has 0 saturated heterocycles. The number of sulfonamides is 1. The van der Waals surface area contributed by atoms with E-state index in [1.54, 1.807) is 24.2 Å². The van der Waals surface area contributed by atoms with Crippen molar-refractivity contribution in [3.63, 3.8) is 0 Å². The second-order valence-corrected chi connectivity index (χ2v) is 11.0. The number of anilines is 1. The SMILES string of the molecule is CN1Cc2cc(-c3ccc(-c4cncc(NS(=O)(=O)c5ccccc5OC(F)(F)F)c4)s3)ccc2C1=O. The van der Waals surface area contributed by atoms with Gasteiger partial charge < -0.3 is 9.64 Å². The van der Waals surface area contributed by atoms with Crippen LogP contribution >= 0.6 is 11.3 Å². The van der Waals surface area contributed by atoms with E-state index in [2.05, 4.69) is 14.4 Å². The van der Waals surface area contributed by atoms with Gasteiger partial charge in [0, 0.05) is 40.7 Å². The number of halogens is 3. The number of rotatable bonds is 6. The average molecular weight is 546 g/mol. The van der Waals surface area contributed by atoms with Crippen molar-refractivity contribution in [2.45, 2.75) is 17.8 Å². The van der Waals surface area contributed by atoms with Gasteiger partial charge in [-0.15, -0.1) is 24.5 Å². The fourth-order valence-electron chi connectivity index (χ4n) is 3.99. The summed E-state index contributed by atoms with van der Waals surface area (Å²) in [6, 6.07) is 15.5. The van der Waals surface area contributed by atoms with Gasteiger partial charge in [0.15, 0.2) is 0 Å². The van der Waals surface area contributed by atoms with Crippen molar-refractivity contribution in [1.29, 1.82) is 0 Å². The maximum Gasteiger partial charge on any atom is 0.573 e. The zero-order chi connectivity index (χ0) is 26.4. The van der Waals surface area contributed by atoms with Gasteiger partial charge in [0.25, 0.3) is 15.9 Å². The molecule has 0 spiro atoms. The molecule has 1 N–H and O–H groups in total. The number of hydrogen-bond donors (Lipinski definition) is 1. The molecule has 1 aliphatic rings. The van der Waals surface area contributed by atoms with Crippen molar-refractivity contribution in [3.8, 4) is 26.6 Å². The molecular formula is C25H18F3N3O4S2. The van der Waals surface area contributed by atoms with Gasteiger partial charge in [0.2, 0.25) is 0 Å². The Morgan fingerprint density at radius 2 is 1.73 bits per heavy atom. The van der Waals surface area contributed by atoms with Crippen molar-refractivity contribution >= 4 is 33.0 Å². The number of fused-ring (bicyclic) bond motifs is 1. The topological polar surface area (TPSA) is 88.6 Å². The lowest BCUT2D eigenvalue weighted by Gasteiger charge is -2.14. The third-order valence-corrected chi connectivity index (χ3v) is 8.22. The smallest absolute Gasteiger partial charge is 0.404 e. The lowest BCUT2D eigenvalue weighted by molar-refractivity contribution is -0.275. The summed E-state index contributed by atoms with van der Waals surface area (Å²) >= 11 is 1.46. The van der Waals surface area contributed by atoms with Gasteiger partial charge in [-0.1, -0.05) is 18.2 Å². The Bertz CT molecular complexity index is 1620. The lowest BCUT2D eigenvalue weighted by Crippen LogP contribution is -2.20. The number of ether oxygens (including phenoxy) is 1. The van der Waals surface area contributed by atoms with Crippen LogP contribution in [0.15, 0.2) is 78.0 Å². The predicted molar refractivity (Wildman–Crippen MR) is 133 cm³/mol. The molecule has 5 rings (SSSR count). The zero-order valence-electron chi connectivity index (χ0n) is 19.1. The van der Waals surface area contributed by atoms with Crippen LogP contribution in [0.3, 0.4) is 0 Å². The number of nitrogens with one attached hydrogen (secondary N) is 1. The molecule has 190 valence electrons. The fourth-order valence-corrected chi connectivity index (χ4v) is 6.14. The quantitative estimate of drug-likeness (QED) is 0.333. The Labute approximate surface area is 214 Å². The molecular weight excluding hydrogens is 527 g/mol. The molecule has 4 aromatic rings. The summed E-state index contributed by atoms with van der Waals surface area (Å²) in [6.45, 7) is 0.545. The van der Waals surface area contributed by atoms with Crippen molar-refractivity contribution in [2.75, 3.05) is 11.8 Å². The number of benzene rings is 2. The van der Waals surface area contributed by atoms with Gasteiger partial charge >= 0.3 is 6.36 Å². The van der Waals surface area contributed by atoms with Crippen LogP contribution in [0.1, 0.15) is 15.9 Å². The molecule has 1 aliphatic heterocycles. The van der Waals surface area contributed by atoms with Crippen LogP contribution < -0.4 is 9.46 Å². The summed E-state index contributed by atoms with van der Waals surface area (Å²) in [7, 11) is -2.66. The van der Waals surface area contributed by atoms with E-state index in [4.69, 9.17) is 0 Å². The van der Waals surface area contributed by atoms with Crippen LogP contribution in [0.25, 0.3) is 20.9 Å². The highest BCUT2D eigenvalue weighted by Gasteiger charge is 2.34. The molecule has 0 radical (unpaired) electrons. The number of alkyl halides is 3. The van der Waals surface area contributed by atoms with Gasteiger partial charge in [-0.2, -0.15) is 0 Å². The highest BCUT2D eigenvalue weighted by atomic mass is 32.2. The first-order chi connectivity index (χ1) is 17.5. The third-order valence-electron chi connectivity index (χ3n) is 5.62. The fraction of sp³-hybridized carbons (Fsp3) is 0.120. The maximum atomic E-state index is 12.9. The van der Waals surface area contributed by atoms with E-state index < -0.39 is 27.0 Å². The molecule has 0 atom stereocenters. The molecule has 7 nitrogen and oxygen atoms in total. The molecule has 12 heteroatoms. The summed E-state index contributed by atoms with van der Waals surface area (Å²) in [5, 5.41) is 0. The molecule has 0 aliphatic carbocycles. The third kappa shape index (κ3) is 5.16. The number of aromatic nitrogens is 1. The molecule has 1 amide bonds. The standard InChI is InChI=1S/C25H18F3N3O4S2/c1-31-14-17-10-15(6-7-19(17)24(31)32)21-8-9-22(36-21)16-11-18(13-29-12-16)30-37(33,34)23-5-3-2-4-20(23)35-25(26,27)28/h2-13,30H,14H2,1H3. The van der Waals surface area contributed by atoms with E-state index in [1.807, 2.05) is 30.3 Å². The minimum atomic E-state index is -5.05. The van der Waals surface area contributed by atoms with Crippen molar-refractivity contribution in [3.05, 3.63) is 84.2 Å². The van der Waals surface area contributed by atoms with Crippen molar-refractivity contribution in [2.24, 2.45) is 0 Å². The Morgan fingerprint density at radius 3 is 2.49 bits per heavy atom. The number of carbonyl (C=O) groups is 1. The van der Waals surface area contributed by atoms with E-state index in [9.17, 15) is 26.4 Å². The normalized spacial score (nSPS) is 13.5. The van der Waals surface area contributed by atoms with E-state index >= 15 is 0 Å². The zero-order valence-corrected chi connectivity index (χ0v) is 20.7. The average Bonchev–Trinajstić information content (AvgIpc) is 3.43. The van der Waals surface area contributed by atoms with Gasteiger partial charge in [0.05, 0.1) is 11.9 Å². The molecule has 0 bridgehead atoms. The van der Waals surface area contributed by atoms with E-state index in [-0.39, 0.29) is 11.6 Å². The number of thiophene rings is 1. The Hall–Kier alpha value is -3.90. The van der Waals surface area contributed by atoms with Crippen LogP contribution in [0, 0.1) is 0 Å². The van der Waals surface area contributed by atoms with Crippen LogP contribution in [-0.2, 0) is 16.6 Å². The molecule has 37 heavy (non-hydrogen) atoms. The largest absolute Gasteiger partial charge is 0.573 e. The maximum absolute atomic E-state index is 12.9. The first kappa shape index (κ1) is 24.8. The van der Waals surface area contributed by atoms with Gasteiger partial charge in [-0.3, -0.25) is 14.5 Å². The summed E-state index contributed by atoms with van der Waals surface area (Å²) in [6.07, 6.45) is -2.23. The number of carbonyl (C=O) groups excluding carboxylic acids is 1. The van der Waals surface area contributed by atoms with Gasteiger partial charge in [-0.05, 0) is 53.6 Å². The molecule has 2 aromatic carbocycles. The van der Waals surface area contributed by atoms with Crippen LogP contribution in [-0.4, -0.2) is 37.6 Å². The number of amides is 1. The number of hydrogen-bond acceptors (Lipinski definition) is 6. The molecule has 0 fully saturated rings.